The number of nitrogens with one attached hydrogen (secondary N) is 1. The molecule has 0 spiro atoms. The van der Waals surface area contributed by atoms with Crippen molar-refractivity contribution in [2.75, 3.05) is 13.1 Å². The standard InChI is InChI=1S/C20H29N4O5/c1-12(18(21)28)5-6-16(27)23-10-7-14-17(23)15(26)11-24(14)19(29)20(22-13(2)25)8-3-4-9-20/h6,12,14,17H,3-5,7-11H2,1-2H3,(H2,21,28)(H,22,25). The lowest BCUT2D eigenvalue weighted by Crippen LogP contribution is -2.59. The van der Waals surface area contributed by atoms with Crippen molar-refractivity contribution < 1.29 is 24.0 Å². The van der Waals surface area contributed by atoms with E-state index in [1.807, 2.05) is 0 Å². The van der Waals surface area contributed by atoms with Crippen molar-refractivity contribution in [1.82, 2.24) is 15.1 Å². The minimum atomic E-state index is -0.943. The Morgan fingerprint density at radius 2 is 1.90 bits per heavy atom. The number of nitrogens with two attached hydrogens (primary N) is 1. The maximum atomic E-state index is 13.4. The molecule has 1 saturated carbocycles. The number of ketones is 1. The summed E-state index contributed by atoms with van der Waals surface area (Å²) in [5.41, 5.74) is 4.29. The number of nitrogens with zero attached hydrogens (tertiary/aromatic N) is 2. The molecule has 3 rings (SSSR count). The molecule has 2 aliphatic heterocycles. The van der Waals surface area contributed by atoms with E-state index < -0.39 is 23.4 Å². The van der Waals surface area contributed by atoms with Crippen LogP contribution in [0, 0.1) is 12.3 Å². The highest BCUT2D eigenvalue weighted by Crippen LogP contribution is 2.37. The number of amides is 4. The van der Waals surface area contributed by atoms with Gasteiger partial charge in [0.1, 0.15) is 11.6 Å². The predicted octanol–water partition coefficient (Wildman–Crippen LogP) is -0.468. The fraction of sp³-hybridized carbons (Fsp3) is 0.700. The SMILES string of the molecule is CC(=O)NC1(C(=O)N2CC(=O)C3C2CCN3C(=O)[CH]CC(C)C(N)=O)CCCC1. The summed E-state index contributed by atoms with van der Waals surface area (Å²) < 4.78 is 0. The van der Waals surface area contributed by atoms with Gasteiger partial charge in [-0.25, -0.2) is 0 Å². The summed E-state index contributed by atoms with van der Waals surface area (Å²) in [7, 11) is 0. The van der Waals surface area contributed by atoms with Crippen LogP contribution in [-0.2, 0) is 24.0 Å². The normalized spacial score (nSPS) is 26.3. The van der Waals surface area contributed by atoms with Gasteiger partial charge in [-0.3, -0.25) is 24.0 Å². The van der Waals surface area contributed by atoms with Crippen molar-refractivity contribution in [3.63, 3.8) is 0 Å². The van der Waals surface area contributed by atoms with Crippen molar-refractivity contribution >= 4 is 29.4 Å². The topological polar surface area (TPSA) is 130 Å². The molecule has 0 bridgehead atoms. The summed E-state index contributed by atoms with van der Waals surface area (Å²) in [6.45, 7) is 3.36. The first kappa shape index (κ1) is 21.3. The molecule has 0 aromatic heterocycles. The first-order valence-corrected chi connectivity index (χ1v) is 10.2. The molecule has 1 radical (unpaired) electrons. The smallest absolute Gasteiger partial charge is 0.249 e. The summed E-state index contributed by atoms with van der Waals surface area (Å²) in [5.74, 6) is -1.90. The van der Waals surface area contributed by atoms with E-state index in [0.717, 1.165) is 12.8 Å². The third kappa shape index (κ3) is 4.00. The number of fused-ring (bicyclic) bond motifs is 1. The van der Waals surface area contributed by atoms with E-state index in [2.05, 4.69) is 5.32 Å². The van der Waals surface area contributed by atoms with Crippen LogP contribution in [-0.4, -0.2) is 69.9 Å². The first-order chi connectivity index (χ1) is 13.7. The zero-order valence-corrected chi connectivity index (χ0v) is 17.0. The Bertz CT molecular complexity index is 730. The zero-order chi connectivity index (χ0) is 21.3. The average Bonchev–Trinajstić information content (AvgIpc) is 3.36. The second kappa shape index (κ2) is 8.12. The van der Waals surface area contributed by atoms with Crippen LogP contribution in [0.3, 0.4) is 0 Å². The molecule has 3 fully saturated rings. The van der Waals surface area contributed by atoms with Crippen LogP contribution in [0.25, 0.3) is 0 Å². The Balaban J connectivity index is 1.71. The Hall–Kier alpha value is -2.45. The molecule has 9 nitrogen and oxygen atoms in total. The van der Waals surface area contributed by atoms with Gasteiger partial charge in [0, 0.05) is 19.4 Å². The van der Waals surface area contributed by atoms with Crippen LogP contribution in [0.2, 0.25) is 0 Å². The van der Waals surface area contributed by atoms with E-state index in [-0.39, 0.29) is 42.5 Å². The fourth-order valence-corrected chi connectivity index (χ4v) is 4.83. The second-order valence-electron chi connectivity index (χ2n) is 8.45. The molecule has 0 aromatic carbocycles. The molecule has 3 atom stereocenters. The summed E-state index contributed by atoms with van der Waals surface area (Å²) in [6.07, 6.45) is 4.95. The molecular weight excluding hydrogens is 376 g/mol. The van der Waals surface area contributed by atoms with Crippen LogP contribution in [0.5, 0.6) is 0 Å². The van der Waals surface area contributed by atoms with Gasteiger partial charge in [0.2, 0.25) is 23.6 Å². The van der Waals surface area contributed by atoms with Crippen LogP contribution < -0.4 is 11.1 Å². The molecule has 0 aromatic rings. The zero-order valence-electron chi connectivity index (χ0n) is 17.0. The van der Waals surface area contributed by atoms with Crippen molar-refractivity contribution in [2.45, 2.75) is 70.0 Å². The lowest BCUT2D eigenvalue weighted by atomic mass is 9.94. The number of carbonyl (C=O) groups excluding carboxylic acids is 5. The third-order valence-corrected chi connectivity index (χ3v) is 6.38. The van der Waals surface area contributed by atoms with Crippen LogP contribution in [0.1, 0.15) is 52.4 Å². The number of Topliss-reactive ketones (excluding diaryl/α,β-unsaturated/α-hetero) is 1. The number of primary amides is 1. The second-order valence-corrected chi connectivity index (χ2v) is 8.45. The van der Waals surface area contributed by atoms with Crippen LogP contribution >= 0.6 is 0 Å². The molecule has 3 aliphatic rings. The highest BCUT2D eigenvalue weighted by molar-refractivity contribution is 6.01. The molecule has 9 heteroatoms. The number of hydrogen-bond acceptors (Lipinski definition) is 5. The van der Waals surface area contributed by atoms with E-state index in [9.17, 15) is 24.0 Å². The highest BCUT2D eigenvalue weighted by atomic mass is 16.2. The molecular formula is C20H29N4O5. The molecule has 2 saturated heterocycles. The van der Waals surface area contributed by atoms with Gasteiger partial charge < -0.3 is 20.9 Å². The first-order valence-electron chi connectivity index (χ1n) is 10.2. The van der Waals surface area contributed by atoms with Crippen molar-refractivity contribution in [1.29, 1.82) is 0 Å². The van der Waals surface area contributed by atoms with Gasteiger partial charge in [0.05, 0.1) is 19.0 Å². The number of rotatable bonds is 6. The van der Waals surface area contributed by atoms with Gasteiger partial charge in [-0.05, 0) is 25.7 Å². The maximum Gasteiger partial charge on any atom is 0.249 e. The lowest BCUT2D eigenvalue weighted by molar-refractivity contribution is -0.142. The van der Waals surface area contributed by atoms with E-state index in [0.29, 0.717) is 25.8 Å². The summed E-state index contributed by atoms with van der Waals surface area (Å²) in [4.78, 5) is 64.6. The monoisotopic (exact) mass is 405 g/mol. The van der Waals surface area contributed by atoms with E-state index in [1.54, 1.807) is 11.8 Å². The largest absolute Gasteiger partial charge is 0.369 e. The third-order valence-electron chi connectivity index (χ3n) is 6.38. The average molecular weight is 405 g/mol. The Morgan fingerprint density at radius 3 is 2.48 bits per heavy atom. The van der Waals surface area contributed by atoms with Crippen molar-refractivity contribution in [3.8, 4) is 0 Å². The number of likely N-dealkylation sites (tertiary alicyclic amines) is 2. The van der Waals surface area contributed by atoms with E-state index >= 15 is 0 Å². The molecule has 159 valence electrons. The Kier molecular flexibility index (Phi) is 5.95. The Labute approximate surface area is 170 Å². The molecule has 3 N–H and O–H groups in total. The number of hydrogen-bond donors (Lipinski definition) is 2. The lowest BCUT2D eigenvalue weighted by Gasteiger charge is -2.35. The number of carbonyl (C=O) groups is 5. The van der Waals surface area contributed by atoms with Gasteiger partial charge in [-0.15, -0.1) is 0 Å². The van der Waals surface area contributed by atoms with Crippen LogP contribution in [0.15, 0.2) is 0 Å². The minimum Gasteiger partial charge on any atom is -0.369 e. The fourth-order valence-electron chi connectivity index (χ4n) is 4.83. The summed E-state index contributed by atoms with van der Waals surface area (Å²) >= 11 is 0. The molecule has 3 unspecified atom stereocenters. The summed E-state index contributed by atoms with van der Waals surface area (Å²) in [6, 6.07) is -1.03. The van der Waals surface area contributed by atoms with E-state index in [4.69, 9.17) is 5.73 Å². The van der Waals surface area contributed by atoms with Crippen LogP contribution in [0.4, 0.5) is 0 Å². The van der Waals surface area contributed by atoms with Crippen molar-refractivity contribution in [3.05, 3.63) is 6.42 Å². The maximum absolute atomic E-state index is 13.4. The molecule has 1 aliphatic carbocycles. The van der Waals surface area contributed by atoms with E-state index in [1.165, 1.54) is 18.2 Å². The highest BCUT2D eigenvalue weighted by Gasteiger charge is 2.55. The van der Waals surface area contributed by atoms with Gasteiger partial charge in [0.25, 0.3) is 0 Å². The van der Waals surface area contributed by atoms with Gasteiger partial charge in [-0.1, -0.05) is 19.8 Å². The quantitative estimate of drug-likeness (QED) is 0.617. The molecule has 29 heavy (non-hydrogen) atoms. The van der Waals surface area contributed by atoms with Crippen molar-refractivity contribution in [2.24, 2.45) is 11.7 Å². The molecule has 2 heterocycles. The molecule has 4 amide bonds. The predicted molar refractivity (Wildman–Crippen MR) is 103 cm³/mol. The van der Waals surface area contributed by atoms with Gasteiger partial charge in [0.15, 0.2) is 5.78 Å². The minimum absolute atomic E-state index is 0.0447. The van der Waals surface area contributed by atoms with Gasteiger partial charge in [-0.2, -0.15) is 0 Å². The Morgan fingerprint density at radius 1 is 1.24 bits per heavy atom. The van der Waals surface area contributed by atoms with Gasteiger partial charge >= 0.3 is 0 Å². The summed E-state index contributed by atoms with van der Waals surface area (Å²) in [5, 5.41) is 2.83.